The molecule has 4 nitrogen and oxygen atoms in total. The van der Waals surface area contributed by atoms with E-state index in [0.717, 1.165) is 43.6 Å². The first-order valence-corrected chi connectivity index (χ1v) is 7.35. The van der Waals surface area contributed by atoms with Crippen LogP contribution in [0.3, 0.4) is 0 Å². The summed E-state index contributed by atoms with van der Waals surface area (Å²) in [6.45, 7) is 2.06. The molecule has 1 saturated heterocycles. The van der Waals surface area contributed by atoms with E-state index in [1.165, 1.54) is 0 Å². The number of hydrogen-bond donors (Lipinski definition) is 1. The molecule has 1 aliphatic rings. The van der Waals surface area contributed by atoms with Crippen molar-refractivity contribution in [1.29, 1.82) is 0 Å². The lowest BCUT2D eigenvalue weighted by Crippen LogP contribution is -2.37. The monoisotopic (exact) mass is 311 g/mol. The van der Waals surface area contributed by atoms with Gasteiger partial charge in [-0.25, -0.2) is 0 Å². The van der Waals surface area contributed by atoms with Crippen LogP contribution >= 0.6 is 12.4 Å². The Morgan fingerprint density at radius 1 is 1.19 bits per heavy atom. The minimum Gasteiger partial charge on any atom is -0.378 e. The van der Waals surface area contributed by atoms with Crippen LogP contribution in [-0.4, -0.2) is 51.1 Å². The summed E-state index contributed by atoms with van der Waals surface area (Å²) in [6, 6.07) is 8.19. The summed E-state index contributed by atoms with van der Waals surface area (Å²) in [5.74, 6) is 0.126. The number of benzene rings is 1. The van der Waals surface area contributed by atoms with Crippen LogP contribution in [0.2, 0.25) is 0 Å². The third-order valence-electron chi connectivity index (χ3n) is 4.02. The number of amides is 1. The Labute approximate surface area is 133 Å². The molecule has 0 saturated carbocycles. The number of rotatable bonds is 3. The maximum absolute atomic E-state index is 12.6. The van der Waals surface area contributed by atoms with Gasteiger partial charge in [0.05, 0.1) is 0 Å². The van der Waals surface area contributed by atoms with Crippen LogP contribution in [0.25, 0.3) is 0 Å². The SMILES string of the molecule is CN(C)c1cccc(C(=O)N(C)C2CCCNCC2)c1.Cl. The van der Waals surface area contributed by atoms with E-state index in [1.54, 1.807) is 0 Å². The third kappa shape index (κ3) is 4.61. The highest BCUT2D eigenvalue weighted by atomic mass is 35.5. The summed E-state index contributed by atoms with van der Waals surface area (Å²) >= 11 is 0. The van der Waals surface area contributed by atoms with Gasteiger partial charge in [0.1, 0.15) is 0 Å². The van der Waals surface area contributed by atoms with E-state index in [9.17, 15) is 4.79 Å². The van der Waals surface area contributed by atoms with Crippen molar-refractivity contribution in [2.45, 2.75) is 25.3 Å². The van der Waals surface area contributed by atoms with Crippen LogP contribution in [-0.2, 0) is 0 Å². The van der Waals surface area contributed by atoms with E-state index < -0.39 is 0 Å². The normalized spacial score (nSPS) is 18.3. The topological polar surface area (TPSA) is 35.6 Å². The molecular weight excluding hydrogens is 286 g/mol. The molecule has 1 N–H and O–H groups in total. The van der Waals surface area contributed by atoms with E-state index in [2.05, 4.69) is 5.32 Å². The van der Waals surface area contributed by atoms with Gasteiger partial charge in [-0.05, 0) is 50.6 Å². The molecule has 1 unspecified atom stereocenters. The van der Waals surface area contributed by atoms with Gasteiger partial charge < -0.3 is 15.1 Å². The summed E-state index contributed by atoms with van der Waals surface area (Å²) in [4.78, 5) is 16.6. The Hall–Kier alpha value is -1.26. The Morgan fingerprint density at radius 3 is 2.67 bits per heavy atom. The van der Waals surface area contributed by atoms with Gasteiger partial charge in [-0.15, -0.1) is 12.4 Å². The number of carbonyl (C=O) groups is 1. The first kappa shape index (κ1) is 17.8. The van der Waals surface area contributed by atoms with E-state index >= 15 is 0 Å². The molecule has 5 heteroatoms. The van der Waals surface area contributed by atoms with E-state index in [4.69, 9.17) is 0 Å². The molecule has 21 heavy (non-hydrogen) atoms. The van der Waals surface area contributed by atoms with Crippen molar-refractivity contribution in [3.63, 3.8) is 0 Å². The maximum atomic E-state index is 12.6. The fraction of sp³-hybridized carbons (Fsp3) is 0.562. The van der Waals surface area contributed by atoms with Gasteiger partial charge in [-0.3, -0.25) is 4.79 Å². The lowest BCUT2D eigenvalue weighted by molar-refractivity contribution is 0.0720. The summed E-state index contributed by atoms with van der Waals surface area (Å²) in [6.07, 6.45) is 3.26. The largest absolute Gasteiger partial charge is 0.378 e. The average Bonchev–Trinajstić information content (AvgIpc) is 2.75. The van der Waals surface area contributed by atoms with Gasteiger partial charge in [0, 0.05) is 38.4 Å². The van der Waals surface area contributed by atoms with Gasteiger partial charge in [0.2, 0.25) is 0 Å². The second-order valence-corrected chi connectivity index (χ2v) is 5.70. The lowest BCUT2D eigenvalue weighted by atomic mass is 10.1. The smallest absolute Gasteiger partial charge is 0.253 e. The molecule has 0 spiro atoms. The van der Waals surface area contributed by atoms with Crippen molar-refractivity contribution in [2.24, 2.45) is 0 Å². The lowest BCUT2D eigenvalue weighted by Gasteiger charge is -2.27. The molecule has 0 aromatic heterocycles. The Kier molecular flexibility index (Phi) is 6.99. The highest BCUT2D eigenvalue weighted by molar-refractivity contribution is 5.95. The van der Waals surface area contributed by atoms with E-state index in [1.807, 2.05) is 55.2 Å². The molecule has 1 amide bonds. The molecule has 1 aromatic carbocycles. The van der Waals surface area contributed by atoms with Crippen molar-refractivity contribution >= 4 is 24.0 Å². The second-order valence-electron chi connectivity index (χ2n) is 5.70. The van der Waals surface area contributed by atoms with Gasteiger partial charge in [0.15, 0.2) is 0 Å². The van der Waals surface area contributed by atoms with Gasteiger partial charge >= 0.3 is 0 Å². The highest BCUT2D eigenvalue weighted by Gasteiger charge is 2.22. The quantitative estimate of drug-likeness (QED) is 0.931. The molecule has 1 heterocycles. The van der Waals surface area contributed by atoms with Crippen LogP contribution in [0.4, 0.5) is 5.69 Å². The minimum atomic E-state index is 0. The number of carbonyl (C=O) groups excluding carboxylic acids is 1. The number of nitrogens with one attached hydrogen (secondary N) is 1. The van der Waals surface area contributed by atoms with E-state index in [-0.39, 0.29) is 18.3 Å². The van der Waals surface area contributed by atoms with Crippen LogP contribution in [0.15, 0.2) is 24.3 Å². The first-order valence-electron chi connectivity index (χ1n) is 7.35. The minimum absolute atomic E-state index is 0. The predicted molar refractivity (Wildman–Crippen MR) is 90.6 cm³/mol. The highest BCUT2D eigenvalue weighted by Crippen LogP contribution is 2.18. The van der Waals surface area contributed by atoms with Crippen molar-refractivity contribution in [3.05, 3.63) is 29.8 Å². The number of anilines is 1. The fourth-order valence-corrected chi connectivity index (χ4v) is 2.67. The zero-order valence-corrected chi connectivity index (χ0v) is 13.9. The summed E-state index contributed by atoms with van der Waals surface area (Å²) < 4.78 is 0. The Bertz CT molecular complexity index is 457. The molecule has 0 aliphatic carbocycles. The summed E-state index contributed by atoms with van der Waals surface area (Å²) in [5.41, 5.74) is 1.84. The van der Waals surface area contributed by atoms with Crippen molar-refractivity contribution < 1.29 is 4.79 Å². The average molecular weight is 312 g/mol. The number of nitrogens with zero attached hydrogens (tertiary/aromatic N) is 2. The molecule has 118 valence electrons. The van der Waals surface area contributed by atoms with Gasteiger partial charge in [-0.1, -0.05) is 6.07 Å². The van der Waals surface area contributed by atoms with Crippen LogP contribution in [0.1, 0.15) is 29.6 Å². The zero-order chi connectivity index (χ0) is 14.5. The standard InChI is InChI=1S/C16H25N3O.ClH/c1-18(2)15-7-4-6-13(12-15)16(20)19(3)14-8-5-10-17-11-9-14;/h4,6-7,12,14,17H,5,8-11H2,1-3H3;1H. The van der Waals surface area contributed by atoms with Crippen molar-refractivity contribution in [2.75, 3.05) is 39.1 Å². The van der Waals surface area contributed by atoms with Crippen molar-refractivity contribution in [1.82, 2.24) is 10.2 Å². The summed E-state index contributed by atoms with van der Waals surface area (Å²) in [5, 5.41) is 3.39. The predicted octanol–water partition coefficient (Wildman–Crippen LogP) is 2.39. The van der Waals surface area contributed by atoms with E-state index in [0.29, 0.717) is 6.04 Å². The van der Waals surface area contributed by atoms with Crippen LogP contribution in [0, 0.1) is 0 Å². The summed E-state index contributed by atoms with van der Waals surface area (Å²) in [7, 11) is 5.91. The maximum Gasteiger partial charge on any atom is 0.253 e. The Morgan fingerprint density at radius 2 is 1.95 bits per heavy atom. The fourth-order valence-electron chi connectivity index (χ4n) is 2.67. The van der Waals surface area contributed by atoms with Crippen molar-refractivity contribution in [3.8, 4) is 0 Å². The number of hydrogen-bond acceptors (Lipinski definition) is 3. The molecular formula is C16H26ClN3O. The molecule has 0 bridgehead atoms. The Balaban J connectivity index is 0.00000220. The molecule has 0 radical (unpaired) electrons. The zero-order valence-electron chi connectivity index (χ0n) is 13.1. The van der Waals surface area contributed by atoms with Crippen LogP contribution in [0.5, 0.6) is 0 Å². The molecule has 2 rings (SSSR count). The van der Waals surface area contributed by atoms with Gasteiger partial charge in [-0.2, -0.15) is 0 Å². The number of halogens is 1. The first-order chi connectivity index (χ1) is 9.59. The van der Waals surface area contributed by atoms with Gasteiger partial charge in [0.25, 0.3) is 5.91 Å². The molecule has 1 atom stereocenters. The second kappa shape index (κ2) is 8.25. The van der Waals surface area contributed by atoms with Crippen LogP contribution < -0.4 is 10.2 Å². The molecule has 1 aliphatic heterocycles. The third-order valence-corrected chi connectivity index (χ3v) is 4.02. The molecule has 1 aromatic rings. The molecule has 1 fully saturated rings.